The van der Waals surface area contributed by atoms with Crippen LogP contribution in [-0.2, 0) is 0 Å². The second-order valence-electron chi connectivity index (χ2n) is 4.10. The van der Waals surface area contributed by atoms with Gasteiger partial charge in [0.15, 0.2) is 0 Å². The first-order valence-electron chi connectivity index (χ1n) is 5.59. The number of benzene rings is 1. The fourth-order valence-electron chi connectivity index (χ4n) is 1.97. The number of nitrogens with zero attached hydrogens (tertiary/aromatic N) is 2. The topological polar surface area (TPSA) is 43.8 Å². The molecule has 1 unspecified atom stereocenters. The lowest BCUT2D eigenvalue weighted by Gasteiger charge is -2.20. The van der Waals surface area contributed by atoms with Crippen LogP contribution >= 0.6 is 11.6 Å². The maximum absolute atomic E-state index is 6.22. The van der Waals surface area contributed by atoms with Crippen LogP contribution in [0.25, 0.3) is 0 Å². The molecule has 90 valence electrons. The van der Waals surface area contributed by atoms with Gasteiger partial charge in [0.2, 0.25) is 0 Å². The molecule has 1 aromatic carbocycles. The predicted octanol–water partition coefficient (Wildman–Crippen LogP) is 2.70. The zero-order chi connectivity index (χ0) is 12.4. The summed E-state index contributed by atoms with van der Waals surface area (Å²) in [4.78, 5) is 4.30. The van der Waals surface area contributed by atoms with E-state index < -0.39 is 0 Å². The quantitative estimate of drug-likeness (QED) is 0.909. The molecule has 1 atom stereocenters. The van der Waals surface area contributed by atoms with E-state index in [1.807, 2.05) is 44.4 Å². The zero-order valence-corrected chi connectivity index (χ0v) is 10.8. The summed E-state index contributed by atoms with van der Waals surface area (Å²) in [5.41, 5.74) is 9.06. The maximum atomic E-state index is 6.22. The Balaban J connectivity index is 2.48. The zero-order valence-electron chi connectivity index (χ0n) is 10.0. The Morgan fingerprint density at radius 3 is 2.59 bits per heavy atom. The van der Waals surface area contributed by atoms with Gasteiger partial charge in [0.1, 0.15) is 0 Å². The van der Waals surface area contributed by atoms with Crippen molar-refractivity contribution < 1.29 is 0 Å². The number of imidazole rings is 1. The highest BCUT2D eigenvalue weighted by Crippen LogP contribution is 2.26. The van der Waals surface area contributed by atoms with Crippen LogP contribution in [0, 0.1) is 13.8 Å². The van der Waals surface area contributed by atoms with Crippen molar-refractivity contribution in [2.75, 3.05) is 6.54 Å². The van der Waals surface area contributed by atoms with E-state index in [-0.39, 0.29) is 6.04 Å². The molecule has 0 aliphatic rings. The third-order valence-corrected chi connectivity index (χ3v) is 3.45. The van der Waals surface area contributed by atoms with E-state index in [1.165, 1.54) is 0 Å². The summed E-state index contributed by atoms with van der Waals surface area (Å²) in [5.74, 6) is 0. The molecule has 4 heteroatoms. The summed E-state index contributed by atoms with van der Waals surface area (Å²) < 4.78 is 2.08. The molecule has 17 heavy (non-hydrogen) atoms. The van der Waals surface area contributed by atoms with Crippen LogP contribution in [0.2, 0.25) is 5.02 Å². The average Bonchev–Trinajstić information content (AvgIpc) is 2.65. The molecule has 3 nitrogen and oxygen atoms in total. The van der Waals surface area contributed by atoms with Crippen LogP contribution < -0.4 is 5.73 Å². The Bertz CT molecular complexity index is 519. The van der Waals surface area contributed by atoms with Gasteiger partial charge in [-0.1, -0.05) is 29.8 Å². The third kappa shape index (κ3) is 2.21. The average molecular weight is 250 g/mol. The molecule has 0 fully saturated rings. The SMILES string of the molecule is Cc1ncn(C(CN)c2ccccc2Cl)c1C. The largest absolute Gasteiger partial charge is 0.328 e. The van der Waals surface area contributed by atoms with Gasteiger partial charge in [-0.15, -0.1) is 0 Å². The van der Waals surface area contributed by atoms with Gasteiger partial charge in [-0.3, -0.25) is 0 Å². The Labute approximate surface area is 106 Å². The lowest BCUT2D eigenvalue weighted by Crippen LogP contribution is -2.21. The van der Waals surface area contributed by atoms with E-state index in [2.05, 4.69) is 9.55 Å². The van der Waals surface area contributed by atoms with Crippen LogP contribution in [0.15, 0.2) is 30.6 Å². The van der Waals surface area contributed by atoms with Crippen molar-refractivity contribution in [3.8, 4) is 0 Å². The predicted molar refractivity (Wildman–Crippen MR) is 70.3 cm³/mol. The van der Waals surface area contributed by atoms with E-state index in [0.717, 1.165) is 22.0 Å². The van der Waals surface area contributed by atoms with Crippen molar-refractivity contribution in [2.45, 2.75) is 19.9 Å². The van der Waals surface area contributed by atoms with Crippen LogP contribution in [0.1, 0.15) is 23.0 Å². The fraction of sp³-hybridized carbons (Fsp3) is 0.308. The molecule has 2 rings (SSSR count). The van der Waals surface area contributed by atoms with E-state index in [9.17, 15) is 0 Å². The van der Waals surface area contributed by atoms with Gasteiger partial charge in [-0.05, 0) is 25.5 Å². The van der Waals surface area contributed by atoms with Crippen LogP contribution in [-0.4, -0.2) is 16.1 Å². The van der Waals surface area contributed by atoms with Gasteiger partial charge in [-0.25, -0.2) is 4.98 Å². The Kier molecular flexibility index (Phi) is 3.50. The summed E-state index contributed by atoms with van der Waals surface area (Å²) in [6, 6.07) is 7.84. The summed E-state index contributed by atoms with van der Waals surface area (Å²) in [6.45, 7) is 4.54. The first kappa shape index (κ1) is 12.1. The summed E-state index contributed by atoms with van der Waals surface area (Å²) in [7, 11) is 0. The normalized spacial score (nSPS) is 12.7. The first-order valence-corrected chi connectivity index (χ1v) is 5.97. The Morgan fingerprint density at radius 1 is 1.35 bits per heavy atom. The molecule has 2 aromatic rings. The molecule has 2 N–H and O–H groups in total. The van der Waals surface area contributed by atoms with Gasteiger partial charge in [0, 0.05) is 17.3 Å². The van der Waals surface area contributed by atoms with E-state index in [1.54, 1.807) is 0 Å². The molecule has 0 bridgehead atoms. The summed E-state index contributed by atoms with van der Waals surface area (Å²) in [6.07, 6.45) is 1.82. The second kappa shape index (κ2) is 4.90. The highest BCUT2D eigenvalue weighted by Gasteiger charge is 2.17. The fourth-order valence-corrected chi connectivity index (χ4v) is 2.23. The Morgan fingerprint density at radius 2 is 2.06 bits per heavy atom. The molecule has 0 aliphatic carbocycles. The highest BCUT2D eigenvalue weighted by molar-refractivity contribution is 6.31. The van der Waals surface area contributed by atoms with Crippen LogP contribution in [0.5, 0.6) is 0 Å². The summed E-state index contributed by atoms with van der Waals surface area (Å²) in [5, 5.41) is 0.744. The minimum absolute atomic E-state index is 0.0462. The number of aryl methyl sites for hydroxylation is 1. The number of aromatic nitrogens is 2. The van der Waals surface area contributed by atoms with Crippen molar-refractivity contribution >= 4 is 11.6 Å². The van der Waals surface area contributed by atoms with Gasteiger partial charge in [0.05, 0.1) is 18.1 Å². The molecule has 0 aliphatic heterocycles. The standard InChI is InChI=1S/C13H16ClN3/c1-9-10(2)17(8-16-9)13(7-15)11-5-3-4-6-12(11)14/h3-6,8,13H,7,15H2,1-2H3. The minimum Gasteiger partial charge on any atom is -0.328 e. The van der Waals surface area contributed by atoms with Crippen molar-refractivity contribution in [1.29, 1.82) is 0 Å². The minimum atomic E-state index is 0.0462. The van der Waals surface area contributed by atoms with E-state index in [0.29, 0.717) is 6.54 Å². The number of nitrogens with two attached hydrogens (primary N) is 1. The molecular formula is C13H16ClN3. The van der Waals surface area contributed by atoms with Crippen molar-refractivity contribution in [3.05, 3.63) is 52.6 Å². The first-order chi connectivity index (χ1) is 8.15. The molecule has 0 spiro atoms. The van der Waals surface area contributed by atoms with Gasteiger partial charge in [0.25, 0.3) is 0 Å². The lowest BCUT2D eigenvalue weighted by atomic mass is 10.1. The Hall–Kier alpha value is -1.32. The maximum Gasteiger partial charge on any atom is 0.0957 e. The number of hydrogen-bond donors (Lipinski definition) is 1. The van der Waals surface area contributed by atoms with Gasteiger partial charge < -0.3 is 10.3 Å². The molecule has 0 amide bonds. The lowest BCUT2D eigenvalue weighted by molar-refractivity contribution is 0.581. The molecule has 1 heterocycles. The molecule has 0 radical (unpaired) electrons. The second-order valence-corrected chi connectivity index (χ2v) is 4.50. The van der Waals surface area contributed by atoms with E-state index >= 15 is 0 Å². The number of rotatable bonds is 3. The summed E-state index contributed by atoms with van der Waals surface area (Å²) >= 11 is 6.22. The van der Waals surface area contributed by atoms with Crippen LogP contribution in [0.4, 0.5) is 0 Å². The van der Waals surface area contributed by atoms with Crippen molar-refractivity contribution in [1.82, 2.24) is 9.55 Å². The molecule has 1 aromatic heterocycles. The molecular weight excluding hydrogens is 234 g/mol. The molecule has 0 saturated heterocycles. The smallest absolute Gasteiger partial charge is 0.0957 e. The van der Waals surface area contributed by atoms with Crippen molar-refractivity contribution in [2.24, 2.45) is 5.73 Å². The number of halogens is 1. The van der Waals surface area contributed by atoms with Crippen molar-refractivity contribution in [3.63, 3.8) is 0 Å². The molecule has 0 saturated carbocycles. The van der Waals surface area contributed by atoms with Crippen LogP contribution in [0.3, 0.4) is 0 Å². The monoisotopic (exact) mass is 249 g/mol. The van der Waals surface area contributed by atoms with Gasteiger partial charge >= 0.3 is 0 Å². The van der Waals surface area contributed by atoms with Gasteiger partial charge in [-0.2, -0.15) is 0 Å². The van der Waals surface area contributed by atoms with E-state index in [4.69, 9.17) is 17.3 Å². The number of hydrogen-bond acceptors (Lipinski definition) is 2. The third-order valence-electron chi connectivity index (χ3n) is 3.11. The highest BCUT2D eigenvalue weighted by atomic mass is 35.5.